The lowest BCUT2D eigenvalue weighted by atomic mass is 9.91. The summed E-state index contributed by atoms with van der Waals surface area (Å²) in [7, 11) is 2.22. The number of benzene rings is 4. The molecule has 0 fully saturated rings. The second-order valence-electron chi connectivity index (χ2n) is 9.80. The lowest BCUT2D eigenvalue weighted by Crippen LogP contribution is -2.32. The first-order chi connectivity index (χ1) is 15.3. The minimum absolute atomic E-state index is 0.496. The van der Waals surface area contributed by atoms with E-state index in [0.29, 0.717) is 11.8 Å². The fourth-order valence-electron chi connectivity index (χ4n) is 5.07. The number of fused-ring (bicyclic) bond motifs is 4. The van der Waals surface area contributed by atoms with Crippen LogP contribution < -0.4 is 4.57 Å². The van der Waals surface area contributed by atoms with Crippen LogP contribution in [0.3, 0.4) is 0 Å². The Balaban J connectivity index is 1.82. The highest BCUT2D eigenvalue weighted by Gasteiger charge is 2.21. The number of rotatable bonds is 3. The number of aryl methyl sites for hydroxylation is 2. The number of hydrogen-bond donors (Lipinski definition) is 0. The van der Waals surface area contributed by atoms with Crippen LogP contribution in [0.2, 0.25) is 0 Å². The van der Waals surface area contributed by atoms with E-state index in [1.807, 2.05) is 0 Å². The van der Waals surface area contributed by atoms with E-state index in [0.717, 1.165) is 0 Å². The molecule has 160 valence electrons. The minimum atomic E-state index is 0.496. The van der Waals surface area contributed by atoms with Gasteiger partial charge in [-0.15, -0.1) is 0 Å². The number of pyridine rings is 1. The largest absolute Gasteiger partial charge is 0.213 e. The van der Waals surface area contributed by atoms with Crippen molar-refractivity contribution < 1.29 is 4.57 Å². The van der Waals surface area contributed by atoms with Gasteiger partial charge in [-0.25, -0.2) is 0 Å². The predicted octanol–water partition coefficient (Wildman–Crippen LogP) is 8.19. The van der Waals surface area contributed by atoms with Crippen LogP contribution >= 0.6 is 0 Å². The Morgan fingerprint density at radius 1 is 0.656 bits per heavy atom. The maximum atomic E-state index is 2.41. The first-order valence-electron chi connectivity index (χ1n) is 11.7. The molecule has 0 spiro atoms. The summed E-state index contributed by atoms with van der Waals surface area (Å²) in [4.78, 5) is 0. The van der Waals surface area contributed by atoms with E-state index < -0.39 is 0 Å². The second-order valence-corrected chi connectivity index (χ2v) is 9.80. The van der Waals surface area contributed by atoms with Gasteiger partial charge in [-0.05, 0) is 69.1 Å². The summed E-state index contributed by atoms with van der Waals surface area (Å²) in [5.74, 6) is 1.00. The molecule has 0 aliphatic heterocycles. The smallest absolute Gasteiger partial charge is 0.194 e. The topological polar surface area (TPSA) is 3.88 Å². The Labute approximate surface area is 191 Å². The van der Waals surface area contributed by atoms with Crippen molar-refractivity contribution in [1.29, 1.82) is 0 Å². The molecule has 0 unspecified atom stereocenters. The fraction of sp³-hybridized carbons (Fsp3) is 0.258. The van der Waals surface area contributed by atoms with E-state index in [9.17, 15) is 0 Å². The van der Waals surface area contributed by atoms with Crippen LogP contribution in [0, 0.1) is 6.92 Å². The van der Waals surface area contributed by atoms with Gasteiger partial charge in [0, 0.05) is 23.1 Å². The molecule has 1 heteroatoms. The van der Waals surface area contributed by atoms with Gasteiger partial charge in [0.25, 0.3) is 0 Å². The fourth-order valence-corrected chi connectivity index (χ4v) is 5.07. The molecule has 5 aromatic rings. The second kappa shape index (κ2) is 7.74. The van der Waals surface area contributed by atoms with E-state index in [2.05, 4.69) is 119 Å². The molecule has 32 heavy (non-hydrogen) atoms. The highest BCUT2D eigenvalue weighted by Crippen LogP contribution is 2.34. The molecule has 0 saturated carbocycles. The molecule has 0 amide bonds. The van der Waals surface area contributed by atoms with Crippen LogP contribution in [0.5, 0.6) is 0 Å². The van der Waals surface area contributed by atoms with E-state index in [4.69, 9.17) is 0 Å². The van der Waals surface area contributed by atoms with E-state index in [1.165, 1.54) is 60.4 Å². The monoisotopic (exact) mass is 418 g/mol. The number of nitrogens with zero attached hydrogens (tertiary/aromatic N) is 1. The molecule has 0 bridgehead atoms. The Bertz CT molecular complexity index is 1490. The standard InChI is InChI=1S/C31H32N/c1-19(2)24-16-27(20(3)4)26-13-14-30(32(6)31(26)17-24)28-18-29-23(15-21(28)5)12-11-22-9-7-8-10-25(22)29/h7-20H,1-6H3/q+1. The quantitative estimate of drug-likeness (QED) is 0.205. The van der Waals surface area contributed by atoms with Gasteiger partial charge in [0.15, 0.2) is 0 Å². The molecule has 5 rings (SSSR count). The molecule has 0 aliphatic rings. The van der Waals surface area contributed by atoms with Crippen LogP contribution in [0.15, 0.2) is 72.8 Å². The highest BCUT2D eigenvalue weighted by atomic mass is 14.9. The SMILES string of the molecule is Cc1cc2ccc3ccccc3c2cc1-c1ccc2c(C(C)C)cc(C(C)C)cc2[n+]1C. The summed E-state index contributed by atoms with van der Waals surface area (Å²) in [6.07, 6.45) is 0. The van der Waals surface area contributed by atoms with Crippen LogP contribution in [0.1, 0.15) is 56.2 Å². The average Bonchev–Trinajstić information content (AvgIpc) is 2.78. The zero-order valence-electron chi connectivity index (χ0n) is 20.0. The van der Waals surface area contributed by atoms with Gasteiger partial charge < -0.3 is 0 Å². The van der Waals surface area contributed by atoms with Crippen molar-refractivity contribution in [2.75, 3.05) is 0 Å². The molecular formula is C31H32N+. The van der Waals surface area contributed by atoms with Gasteiger partial charge in [0.05, 0.1) is 0 Å². The van der Waals surface area contributed by atoms with Crippen LogP contribution in [-0.2, 0) is 7.05 Å². The van der Waals surface area contributed by atoms with Crippen LogP contribution in [-0.4, -0.2) is 0 Å². The molecular weight excluding hydrogens is 386 g/mol. The molecule has 1 aromatic heterocycles. The summed E-state index contributed by atoms with van der Waals surface area (Å²) in [6, 6.07) is 27.3. The first kappa shape index (κ1) is 20.7. The van der Waals surface area contributed by atoms with Crippen molar-refractivity contribution in [3.05, 3.63) is 89.5 Å². The van der Waals surface area contributed by atoms with Gasteiger partial charge in [0.2, 0.25) is 11.2 Å². The van der Waals surface area contributed by atoms with Crippen molar-refractivity contribution in [2.24, 2.45) is 7.05 Å². The summed E-state index contributed by atoms with van der Waals surface area (Å²) >= 11 is 0. The van der Waals surface area contributed by atoms with Crippen molar-refractivity contribution in [2.45, 2.75) is 46.5 Å². The lowest BCUT2D eigenvalue weighted by molar-refractivity contribution is -0.633. The van der Waals surface area contributed by atoms with E-state index >= 15 is 0 Å². The Morgan fingerprint density at radius 3 is 2.16 bits per heavy atom. The Morgan fingerprint density at radius 2 is 1.41 bits per heavy atom. The van der Waals surface area contributed by atoms with Crippen molar-refractivity contribution in [3.8, 4) is 11.3 Å². The van der Waals surface area contributed by atoms with Gasteiger partial charge in [0.1, 0.15) is 7.05 Å². The Hall–Kier alpha value is -3.19. The molecule has 1 nitrogen and oxygen atoms in total. The normalized spacial score (nSPS) is 12.0. The molecule has 0 aliphatic carbocycles. The van der Waals surface area contributed by atoms with Crippen LogP contribution in [0.25, 0.3) is 43.7 Å². The molecule has 0 N–H and O–H groups in total. The molecule has 0 radical (unpaired) electrons. The third-order valence-electron chi connectivity index (χ3n) is 7.00. The number of hydrogen-bond acceptors (Lipinski definition) is 0. The lowest BCUT2D eigenvalue weighted by Gasteiger charge is -2.15. The zero-order chi connectivity index (χ0) is 22.6. The first-order valence-corrected chi connectivity index (χ1v) is 11.7. The highest BCUT2D eigenvalue weighted by molar-refractivity contribution is 6.09. The maximum Gasteiger partial charge on any atom is 0.213 e. The number of aromatic nitrogens is 1. The van der Waals surface area contributed by atoms with Gasteiger partial charge in [-0.3, -0.25) is 0 Å². The third kappa shape index (κ3) is 3.28. The summed E-state index contributed by atoms with van der Waals surface area (Å²) in [6.45, 7) is 11.4. The third-order valence-corrected chi connectivity index (χ3v) is 7.00. The summed E-state index contributed by atoms with van der Waals surface area (Å²) in [5.41, 5.74) is 8.05. The van der Waals surface area contributed by atoms with Crippen molar-refractivity contribution >= 4 is 32.4 Å². The van der Waals surface area contributed by atoms with E-state index in [1.54, 1.807) is 0 Å². The maximum absolute atomic E-state index is 2.41. The molecule has 1 heterocycles. The summed E-state index contributed by atoms with van der Waals surface area (Å²) in [5, 5.41) is 6.60. The minimum Gasteiger partial charge on any atom is -0.194 e. The van der Waals surface area contributed by atoms with Crippen molar-refractivity contribution in [3.63, 3.8) is 0 Å². The predicted molar refractivity (Wildman–Crippen MR) is 138 cm³/mol. The van der Waals surface area contributed by atoms with Crippen LogP contribution in [0.4, 0.5) is 0 Å². The van der Waals surface area contributed by atoms with Gasteiger partial charge >= 0.3 is 0 Å². The zero-order valence-corrected chi connectivity index (χ0v) is 20.0. The van der Waals surface area contributed by atoms with Crippen molar-refractivity contribution in [1.82, 2.24) is 0 Å². The van der Waals surface area contributed by atoms with Gasteiger partial charge in [-0.2, -0.15) is 4.57 Å². The molecule has 0 atom stereocenters. The molecule has 0 saturated heterocycles. The Kier molecular flexibility index (Phi) is 5.01. The van der Waals surface area contributed by atoms with E-state index in [-0.39, 0.29) is 0 Å². The van der Waals surface area contributed by atoms with Gasteiger partial charge in [-0.1, -0.05) is 76.2 Å². The average molecular weight is 419 g/mol. The summed E-state index contributed by atoms with van der Waals surface area (Å²) < 4.78 is 2.40. The molecule has 4 aromatic carbocycles.